The number of nitrogens with one attached hydrogen (secondary N) is 1. The zero-order valence-corrected chi connectivity index (χ0v) is 10.1. The molecule has 1 N–H and O–H groups in total. The van der Waals surface area contributed by atoms with Gasteiger partial charge in [-0.25, -0.2) is 4.39 Å². The van der Waals surface area contributed by atoms with Crippen LogP contribution in [0.3, 0.4) is 0 Å². The van der Waals surface area contributed by atoms with Crippen molar-refractivity contribution in [2.24, 2.45) is 0 Å². The number of benzene rings is 1. The van der Waals surface area contributed by atoms with Crippen molar-refractivity contribution in [1.82, 2.24) is 5.32 Å². The molecule has 2 nitrogen and oxygen atoms in total. The zero-order chi connectivity index (χ0) is 12.3. The lowest BCUT2D eigenvalue weighted by molar-refractivity contribution is -0.128. The highest BCUT2D eigenvalue weighted by Gasteiger charge is 2.40. The molecule has 3 heteroatoms. The van der Waals surface area contributed by atoms with Crippen LogP contribution in [-0.2, 0) is 10.3 Å². The topological polar surface area (TPSA) is 29.1 Å². The molecule has 1 saturated carbocycles. The molecule has 0 heterocycles. The van der Waals surface area contributed by atoms with E-state index in [1.165, 1.54) is 12.1 Å². The molecule has 92 valence electrons. The fraction of sp³-hybridized carbons (Fsp3) is 0.500. The van der Waals surface area contributed by atoms with Crippen molar-refractivity contribution in [3.63, 3.8) is 0 Å². The van der Waals surface area contributed by atoms with Crippen LogP contribution in [0.4, 0.5) is 4.39 Å². The molecule has 1 aromatic rings. The monoisotopic (exact) mass is 235 g/mol. The van der Waals surface area contributed by atoms with Gasteiger partial charge in [-0.1, -0.05) is 25.5 Å². The van der Waals surface area contributed by atoms with E-state index in [1.807, 2.05) is 13.0 Å². The third-order valence-electron chi connectivity index (χ3n) is 3.48. The van der Waals surface area contributed by atoms with Crippen molar-refractivity contribution in [3.05, 3.63) is 35.6 Å². The number of halogens is 1. The summed E-state index contributed by atoms with van der Waals surface area (Å²) in [5.41, 5.74) is 0.110. The minimum atomic E-state index is -0.658. The second kappa shape index (κ2) is 4.96. The average Bonchev–Trinajstić information content (AvgIpc) is 2.32. The first-order valence-electron chi connectivity index (χ1n) is 6.23. The summed E-state index contributed by atoms with van der Waals surface area (Å²) in [4.78, 5) is 12.2. The molecule has 1 aromatic carbocycles. The van der Waals surface area contributed by atoms with Gasteiger partial charge in [-0.2, -0.15) is 0 Å². The number of Topliss-reactive ketones (excluding diaryl/α,β-unsaturated/α-hetero) is 1. The van der Waals surface area contributed by atoms with Crippen molar-refractivity contribution in [2.45, 2.75) is 38.1 Å². The maximum absolute atomic E-state index is 13.3. The molecule has 1 aliphatic rings. The molecule has 0 bridgehead atoms. The molecule has 0 aromatic heterocycles. The Kier molecular flexibility index (Phi) is 3.57. The number of ketones is 1. The third kappa shape index (κ3) is 2.25. The molecule has 1 unspecified atom stereocenters. The molecular weight excluding hydrogens is 217 g/mol. The van der Waals surface area contributed by atoms with Crippen LogP contribution in [0.1, 0.15) is 38.2 Å². The molecule has 0 saturated heterocycles. The zero-order valence-electron chi connectivity index (χ0n) is 10.1. The average molecular weight is 235 g/mol. The second-order valence-electron chi connectivity index (χ2n) is 4.58. The van der Waals surface area contributed by atoms with E-state index in [4.69, 9.17) is 0 Å². The van der Waals surface area contributed by atoms with Gasteiger partial charge in [0.2, 0.25) is 0 Å². The Morgan fingerprint density at radius 1 is 1.41 bits per heavy atom. The number of carbonyl (C=O) groups excluding carboxylic acids is 1. The molecule has 2 rings (SSSR count). The number of rotatable bonds is 3. The first-order chi connectivity index (χ1) is 8.19. The van der Waals surface area contributed by atoms with Crippen LogP contribution in [0, 0.1) is 5.82 Å². The van der Waals surface area contributed by atoms with E-state index < -0.39 is 5.54 Å². The number of carbonyl (C=O) groups is 1. The highest BCUT2D eigenvalue weighted by Crippen LogP contribution is 2.34. The van der Waals surface area contributed by atoms with Gasteiger partial charge in [0.15, 0.2) is 5.78 Å². The fourth-order valence-electron chi connectivity index (χ4n) is 2.68. The van der Waals surface area contributed by atoms with Crippen LogP contribution in [0.2, 0.25) is 0 Å². The molecule has 0 amide bonds. The van der Waals surface area contributed by atoms with E-state index in [-0.39, 0.29) is 11.6 Å². The Hall–Kier alpha value is -1.22. The van der Waals surface area contributed by atoms with Crippen LogP contribution in [0.15, 0.2) is 24.3 Å². The predicted molar refractivity (Wildman–Crippen MR) is 65.2 cm³/mol. The summed E-state index contributed by atoms with van der Waals surface area (Å²) >= 11 is 0. The Morgan fingerprint density at radius 3 is 2.88 bits per heavy atom. The number of hydrogen-bond acceptors (Lipinski definition) is 2. The van der Waals surface area contributed by atoms with E-state index in [0.29, 0.717) is 13.0 Å². The van der Waals surface area contributed by atoms with Gasteiger partial charge in [0.05, 0.1) is 0 Å². The smallest absolute Gasteiger partial charge is 0.157 e. The van der Waals surface area contributed by atoms with Gasteiger partial charge in [0, 0.05) is 6.42 Å². The molecule has 1 aliphatic carbocycles. The minimum Gasteiger partial charge on any atom is -0.302 e. The number of likely N-dealkylation sites (N-methyl/N-ethyl adjacent to an activating group) is 1. The maximum Gasteiger partial charge on any atom is 0.157 e. The third-order valence-corrected chi connectivity index (χ3v) is 3.48. The Labute approximate surface area is 101 Å². The summed E-state index contributed by atoms with van der Waals surface area (Å²) in [7, 11) is 0. The Balaban J connectivity index is 2.42. The Bertz CT molecular complexity index is 414. The summed E-state index contributed by atoms with van der Waals surface area (Å²) in [6.07, 6.45) is 3.31. The number of hydrogen-bond donors (Lipinski definition) is 1. The van der Waals surface area contributed by atoms with Gasteiger partial charge in [-0.05, 0) is 37.1 Å². The van der Waals surface area contributed by atoms with Crippen molar-refractivity contribution in [1.29, 1.82) is 0 Å². The van der Waals surface area contributed by atoms with Gasteiger partial charge < -0.3 is 5.32 Å². The van der Waals surface area contributed by atoms with Crippen LogP contribution in [0.25, 0.3) is 0 Å². The highest BCUT2D eigenvalue weighted by atomic mass is 19.1. The summed E-state index contributed by atoms with van der Waals surface area (Å²) in [5.74, 6) is -0.0886. The van der Waals surface area contributed by atoms with Crippen molar-refractivity contribution < 1.29 is 9.18 Å². The molecule has 1 fully saturated rings. The van der Waals surface area contributed by atoms with E-state index in [9.17, 15) is 9.18 Å². The quantitative estimate of drug-likeness (QED) is 0.872. The lowest BCUT2D eigenvalue weighted by Crippen LogP contribution is -2.50. The van der Waals surface area contributed by atoms with Gasteiger partial charge >= 0.3 is 0 Å². The first-order valence-corrected chi connectivity index (χ1v) is 6.23. The van der Waals surface area contributed by atoms with E-state index in [1.54, 1.807) is 6.07 Å². The van der Waals surface area contributed by atoms with Crippen molar-refractivity contribution >= 4 is 5.78 Å². The summed E-state index contributed by atoms with van der Waals surface area (Å²) in [6.45, 7) is 2.69. The van der Waals surface area contributed by atoms with Crippen LogP contribution in [-0.4, -0.2) is 12.3 Å². The van der Waals surface area contributed by atoms with Crippen LogP contribution in [0.5, 0.6) is 0 Å². The lowest BCUT2D eigenvalue weighted by atomic mass is 9.75. The SMILES string of the molecule is CCNC1(c2cccc(F)c2)CCCCC1=O. The first kappa shape index (κ1) is 12.2. The minimum absolute atomic E-state index is 0.191. The molecule has 0 aliphatic heterocycles. The second-order valence-corrected chi connectivity index (χ2v) is 4.58. The molecule has 0 radical (unpaired) electrons. The summed E-state index contributed by atoms with van der Waals surface area (Å²) < 4.78 is 13.3. The largest absolute Gasteiger partial charge is 0.302 e. The van der Waals surface area contributed by atoms with Crippen LogP contribution < -0.4 is 5.32 Å². The predicted octanol–water partition coefficient (Wildman–Crippen LogP) is 2.77. The van der Waals surface area contributed by atoms with E-state index in [2.05, 4.69) is 5.32 Å². The standard InChI is InChI=1S/C14H18FNO/c1-2-16-14(9-4-3-8-13(14)17)11-6-5-7-12(15)10-11/h5-7,10,16H,2-4,8-9H2,1H3. The van der Waals surface area contributed by atoms with Crippen molar-refractivity contribution in [2.75, 3.05) is 6.54 Å². The van der Waals surface area contributed by atoms with E-state index in [0.717, 1.165) is 24.8 Å². The highest BCUT2D eigenvalue weighted by molar-refractivity contribution is 5.90. The molecular formula is C14H18FNO. The summed E-state index contributed by atoms with van der Waals surface area (Å²) in [5, 5.41) is 3.28. The van der Waals surface area contributed by atoms with Gasteiger partial charge in [0.25, 0.3) is 0 Å². The van der Waals surface area contributed by atoms with Gasteiger partial charge in [0.1, 0.15) is 11.4 Å². The summed E-state index contributed by atoms with van der Waals surface area (Å²) in [6, 6.07) is 6.41. The molecule has 0 spiro atoms. The fourth-order valence-corrected chi connectivity index (χ4v) is 2.68. The molecule has 17 heavy (non-hydrogen) atoms. The Morgan fingerprint density at radius 2 is 2.24 bits per heavy atom. The van der Waals surface area contributed by atoms with Crippen molar-refractivity contribution in [3.8, 4) is 0 Å². The normalized spacial score (nSPS) is 24.9. The van der Waals surface area contributed by atoms with Crippen LogP contribution >= 0.6 is 0 Å². The van der Waals surface area contributed by atoms with Gasteiger partial charge in [-0.15, -0.1) is 0 Å². The molecule has 1 atom stereocenters. The lowest BCUT2D eigenvalue weighted by Gasteiger charge is -2.37. The van der Waals surface area contributed by atoms with E-state index >= 15 is 0 Å². The van der Waals surface area contributed by atoms with Gasteiger partial charge in [-0.3, -0.25) is 4.79 Å². The maximum atomic E-state index is 13.3.